The molecule has 1 heterocycles. The van der Waals surface area contributed by atoms with Crippen LogP contribution in [0, 0.1) is 5.82 Å². The zero-order valence-electron chi connectivity index (χ0n) is 13.1. The van der Waals surface area contributed by atoms with Crippen LogP contribution in [-0.2, 0) is 9.84 Å². The SMILES string of the molecule is CC(C)(CNC1CCN(c2ccc(Cl)c(F)c2)C1)S(C)(=O)=O. The quantitative estimate of drug-likeness (QED) is 0.888. The Labute approximate surface area is 136 Å². The fourth-order valence-electron chi connectivity index (χ4n) is 2.36. The van der Waals surface area contributed by atoms with Crippen LogP contribution < -0.4 is 10.2 Å². The van der Waals surface area contributed by atoms with Crippen LogP contribution in [0.25, 0.3) is 0 Å². The second-order valence-electron chi connectivity index (χ2n) is 6.44. The van der Waals surface area contributed by atoms with E-state index >= 15 is 0 Å². The molecule has 1 saturated heterocycles. The van der Waals surface area contributed by atoms with Gasteiger partial charge in [0.05, 0.1) is 9.77 Å². The van der Waals surface area contributed by atoms with Crippen molar-refractivity contribution in [2.75, 3.05) is 30.8 Å². The summed E-state index contributed by atoms with van der Waals surface area (Å²) < 4.78 is 36.1. The number of hydrogen-bond donors (Lipinski definition) is 1. The fraction of sp³-hybridized carbons (Fsp3) is 0.600. The molecule has 4 nitrogen and oxygen atoms in total. The van der Waals surface area contributed by atoms with Gasteiger partial charge in [0, 0.05) is 37.6 Å². The Kier molecular flexibility index (Phi) is 5.04. The highest BCUT2D eigenvalue weighted by Gasteiger charge is 2.32. The third-order valence-corrected chi connectivity index (χ3v) is 6.74. The summed E-state index contributed by atoms with van der Waals surface area (Å²) in [4.78, 5) is 2.07. The Hall–Kier alpha value is -0.850. The molecule has 1 N–H and O–H groups in total. The molecule has 1 fully saturated rings. The monoisotopic (exact) mass is 348 g/mol. The lowest BCUT2D eigenvalue weighted by Crippen LogP contribution is -2.46. The predicted molar refractivity (Wildman–Crippen MR) is 89.0 cm³/mol. The van der Waals surface area contributed by atoms with Crippen LogP contribution in [-0.4, -0.2) is 45.1 Å². The molecule has 1 aromatic rings. The summed E-state index contributed by atoms with van der Waals surface area (Å²) in [5, 5.41) is 3.43. The topological polar surface area (TPSA) is 49.4 Å². The lowest BCUT2D eigenvalue weighted by atomic mass is 10.2. The maximum absolute atomic E-state index is 13.5. The van der Waals surface area contributed by atoms with Gasteiger partial charge in [0.25, 0.3) is 0 Å². The largest absolute Gasteiger partial charge is 0.370 e. The molecular weight excluding hydrogens is 327 g/mol. The molecule has 0 amide bonds. The van der Waals surface area contributed by atoms with Gasteiger partial charge in [-0.3, -0.25) is 0 Å². The van der Waals surface area contributed by atoms with E-state index in [0.717, 1.165) is 25.2 Å². The van der Waals surface area contributed by atoms with Crippen molar-refractivity contribution in [3.05, 3.63) is 29.0 Å². The number of rotatable bonds is 5. The Morgan fingerprint density at radius 1 is 1.45 bits per heavy atom. The number of nitrogens with zero attached hydrogens (tertiary/aromatic N) is 1. The molecular formula is C15H22ClFN2O2S. The van der Waals surface area contributed by atoms with E-state index in [0.29, 0.717) is 6.54 Å². The molecule has 124 valence electrons. The molecule has 0 bridgehead atoms. The average molecular weight is 349 g/mol. The normalized spacial score (nSPS) is 19.7. The molecule has 0 aliphatic carbocycles. The molecule has 22 heavy (non-hydrogen) atoms. The molecule has 1 atom stereocenters. The van der Waals surface area contributed by atoms with Gasteiger partial charge in [-0.2, -0.15) is 0 Å². The molecule has 1 unspecified atom stereocenters. The van der Waals surface area contributed by atoms with Crippen LogP contribution in [0.1, 0.15) is 20.3 Å². The summed E-state index contributed by atoms with van der Waals surface area (Å²) >= 11 is 5.70. The molecule has 0 spiro atoms. The number of benzene rings is 1. The standard InChI is InChI=1S/C15H22ClFN2O2S/c1-15(2,22(3,20)21)10-18-11-6-7-19(9-11)12-4-5-13(16)14(17)8-12/h4-5,8,11,18H,6-7,9-10H2,1-3H3. The molecule has 7 heteroatoms. The van der Waals surface area contributed by atoms with E-state index in [1.165, 1.54) is 12.3 Å². The summed E-state index contributed by atoms with van der Waals surface area (Å²) in [6.07, 6.45) is 2.15. The van der Waals surface area contributed by atoms with Crippen LogP contribution in [0.2, 0.25) is 5.02 Å². The summed E-state index contributed by atoms with van der Waals surface area (Å²) in [6.45, 7) is 5.37. The highest BCUT2D eigenvalue weighted by Crippen LogP contribution is 2.25. The van der Waals surface area contributed by atoms with Gasteiger partial charge < -0.3 is 10.2 Å². The zero-order chi connectivity index (χ0) is 16.5. The van der Waals surface area contributed by atoms with Gasteiger partial charge in [-0.05, 0) is 38.5 Å². The van der Waals surface area contributed by atoms with E-state index < -0.39 is 20.4 Å². The first kappa shape index (κ1) is 17.5. The van der Waals surface area contributed by atoms with E-state index in [9.17, 15) is 12.8 Å². The van der Waals surface area contributed by atoms with E-state index in [4.69, 9.17) is 11.6 Å². The van der Waals surface area contributed by atoms with Gasteiger partial charge in [0.15, 0.2) is 9.84 Å². The van der Waals surface area contributed by atoms with Crippen molar-refractivity contribution in [1.29, 1.82) is 0 Å². The zero-order valence-corrected chi connectivity index (χ0v) is 14.6. The van der Waals surface area contributed by atoms with Crippen molar-refractivity contribution in [2.45, 2.75) is 31.1 Å². The van der Waals surface area contributed by atoms with Gasteiger partial charge in [0.1, 0.15) is 5.82 Å². The van der Waals surface area contributed by atoms with Gasteiger partial charge in [0.2, 0.25) is 0 Å². The van der Waals surface area contributed by atoms with Crippen molar-refractivity contribution < 1.29 is 12.8 Å². The summed E-state index contributed by atoms with van der Waals surface area (Å²) in [6, 6.07) is 4.99. The number of hydrogen-bond acceptors (Lipinski definition) is 4. The fourth-order valence-corrected chi connectivity index (χ4v) is 2.83. The van der Waals surface area contributed by atoms with Crippen LogP contribution >= 0.6 is 11.6 Å². The Balaban J connectivity index is 1.94. The Morgan fingerprint density at radius 2 is 2.14 bits per heavy atom. The van der Waals surface area contributed by atoms with Gasteiger partial charge >= 0.3 is 0 Å². The second-order valence-corrected chi connectivity index (χ2v) is 9.50. The van der Waals surface area contributed by atoms with Gasteiger partial charge in [-0.25, -0.2) is 12.8 Å². The predicted octanol–water partition coefficient (Wildman–Crippen LogP) is 2.47. The first-order valence-corrected chi connectivity index (χ1v) is 9.50. The first-order chi connectivity index (χ1) is 10.1. The highest BCUT2D eigenvalue weighted by atomic mass is 35.5. The third-order valence-electron chi connectivity index (χ3n) is 4.28. The second kappa shape index (κ2) is 6.34. The minimum Gasteiger partial charge on any atom is -0.370 e. The first-order valence-electron chi connectivity index (χ1n) is 7.23. The van der Waals surface area contributed by atoms with Crippen LogP contribution in [0.5, 0.6) is 0 Å². The molecule has 1 aliphatic rings. The molecule has 2 rings (SSSR count). The van der Waals surface area contributed by atoms with E-state index in [1.54, 1.807) is 26.0 Å². The van der Waals surface area contributed by atoms with Crippen molar-refractivity contribution in [2.24, 2.45) is 0 Å². The van der Waals surface area contributed by atoms with Gasteiger partial charge in [-0.1, -0.05) is 11.6 Å². The number of nitrogens with one attached hydrogen (secondary N) is 1. The lowest BCUT2D eigenvalue weighted by Gasteiger charge is -2.25. The highest BCUT2D eigenvalue weighted by molar-refractivity contribution is 7.92. The molecule has 1 aliphatic heterocycles. The van der Waals surface area contributed by atoms with E-state index in [-0.39, 0.29) is 11.1 Å². The van der Waals surface area contributed by atoms with Crippen molar-refractivity contribution in [3.8, 4) is 0 Å². The third kappa shape index (κ3) is 3.91. The summed E-state index contributed by atoms with van der Waals surface area (Å²) in [7, 11) is -3.11. The number of anilines is 1. The Morgan fingerprint density at radius 3 is 2.73 bits per heavy atom. The number of halogens is 2. The smallest absolute Gasteiger partial charge is 0.153 e. The van der Waals surface area contributed by atoms with Crippen LogP contribution in [0.4, 0.5) is 10.1 Å². The molecule has 0 radical (unpaired) electrons. The number of sulfone groups is 1. The molecule has 1 aromatic carbocycles. The maximum Gasteiger partial charge on any atom is 0.153 e. The summed E-state index contributed by atoms with van der Waals surface area (Å²) in [5.41, 5.74) is 0.800. The van der Waals surface area contributed by atoms with E-state index in [1.807, 2.05) is 0 Å². The molecule has 0 saturated carbocycles. The van der Waals surface area contributed by atoms with Crippen molar-refractivity contribution in [1.82, 2.24) is 5.32 Å². The Bertz CT molecular complexity index is 649. The molecule has 0 aromatic heterocycles. The van der Waals surface area contributed by atoms with Crippen LogP contribution in [0.15, 0.2) is 18.2 Å². The summed E-state index contributed by atoms with van der Waals surface area (Å²) in [5.74, 6) is -0.422. The average Bonchev–Trinajstić information content (AvgIpc) is 2.87. The minimum atomic E-state index is -3.11. The lowest BCUT2D eigenvalue weighted by molar-refractivity contribution is 0.481. The van der Waals surface area contributed by atoms with Gasteiger partial charge in [-0.15, -0.1) is 0 Å². The maximum atomic E-state index is 13.5. The van der Waals surface area contributed by atoms with Crippen LogP contribution in [0.3, 0.4) is 0 Å². The van der Waals surface area contributed by atoms with Crippen molar-refractivity contribution >= 4 is 27.1 Å². The van der Waals surface area contributed by atoms with E-state index in [2.05, 4.69) is 10.2 Å². The van der Waals surface area contributed by atoms with Crippen molar-refractivity contribution in [3.63, 3.8) is 0 Å². The minimum absolute atomic E-state index is 0.118.